The Hall–Kier alpha value is -1.67. The molecule has 0 spiro atoms. The molecule has 0 amide bonds. The van der Waals surface area contributed by atoms with Gasteiger partial charge in [-0.25, -0.2) is 9.59 Å². The molecule has 1 aliphatic heterocycles. The van der Waals surface area contributed by atoms with Gasteiger partial charge in [0.1, 0.15) is 6.10 Å². The number of hydrogen-bond donors (Lipinski definition) is 0. The number of ether oxygens (including phenoxy) is 2. The highest BCUT2D eigenvalue weighted by molar-refractivity contribution is 7.87. The van der Waals surface area contributed by atoms with Gasteiger partial charge in [0.05, 0.1) is 5.25 Å². The molecule has 1 saturated carbocycles. The molecule has 1 saturated heterocycles. The fraction of sp³-hybridized carbons (Fsp3) is 0.538. The van der Waals surface area contributed by atoms with Gasteiger partial charge in [0.25, 0.3) is 10.1 Å². The van der Waals surface area contributed by atoms with Crippen molar-refractivity contribution in [3.8, 4) is 0 Å². The van der Waals surface area contributed by atoms with E-state index in [0.717, 1.165) is 0 Å². The fourth-order valence-corrected chi connectivity index (χ4v) is 3.81. The van der Waals surface area contributed by atoms with Crippen LogP contribution in [0.4, 0.5) is 0 Å². The van der Waals surface area contributed by atoms with Crippen molar-refractivity contribution in [2.75, 3.05) is 6.61 Å². The molecular formula is C13H16O7S. The molecule has 2 fully saturated rings. The van der Waals surface area contributed by atoms with Crippen molar-refractivity contribution in [1.29, 1.82) is 0 Å². The number of esters is 2. The lowest BCUT2D eigenvalue weighted by Gasteiger charge is -2.27. The summed E-state index contributed by atoms with van der Waals surface area (Å²) in [5, 5.41) is -0.619. The minimum absolute atomic E-state index is 0.165. The zero-order valence-electron chi connectivity index (χ0n) is 11.5. The highest BCUT2D eigenvalue weighted by atomic mass is 32.2. The molecule has 2 aliphatic rings. The predicted molar refractivity (Wildman–Crippen MR) is 71.6 cm³/mol. The molecule has 3 atom stereocenters. The van der Waals surface area contributed by atoms with Gasteiger partial charge in [0.15, 0.2) is 12.7 Å². The summed E-state index contributed by atoms with van der Waals surface area (Å²) in [6.45, 7) is 8.00. The number of fused-ring (bicyclic) bond motifs is 2. The van der Waals surface area contributed by atoms with E-state index in [0.29, 0.717) is 5.57 Å². The van der Waals surface area contributed by atoms with E-state index in [4.69, 9.17) is 8.92 Å². The van der Waals surface area contributed by atoms with E-state index in [9.17, 15) is 18.0 Å². The van der Waals surface area contributed by atoms with Gasteiger partial charge in [-0.15, -0.1) is 0 Å². The minimum Gasteiger partial charge on any atom is -0.452 e. The maximum absolute atomic E-state index is 11.6. The Balaban J connectivity index is 1.94. The van der Waals surface area contributed by atoms with Gasteiger partial charge in [-0.3, -0.25) is 4.18 Å². The highest BCUT2D eigenvalue weighted by Crippen LogP contribution is 2.39. The second-order valence-electron chi connectivity index (χ2n) is 5.11. The average molecular weight is 316 g/mol. The lowest BCUT2D eigenvalue weighted by molar-refractivity contribution is -0.162. The van der Waals surface area contributed by atoms with Crippen LogP contribution in [0.2, 0.25) is 0 Å². The largest absolute Gasteiger partial charge is 0.452 e. The topological polar surface area (TPSA) is 96.0 Å². The van der Waals surface area contributed by atoms with Gasteiger partial charge in [-0.2, -0.15) is 8.42 Å². The number of hydrogen-bond acceptors (Lipinski definition) is 7. The van der Waals surface area contributed by atoms with E-state index in [1.165, 1.54) is 6.92 Å². The summed E-state index contributed by atoms with van der Waals surface area (Å²) in [4.78, 5) is 22.8. The Morgan fingerprint density at radius 3 is 2.71 bits per heavy atom. The minimum atomic E-state index is -3.61. The summed E-state index contributed by atoms with van der Waals surface area (Å²) in [6, 6.07) is 0. The first-order valence-electron chi connectivity index (χ1n) is 6.32. The van der Waals surface area contributed by atoms with Gasteiger partial charge in [0.2, 0.25) is 0 Å². The lowest BCUT2D eigenvalue weighted by Crippen LogP contribution is -2.37. The van der Waals surface area contributed by atoms with Crippen LogP contribution in [0.1, 0.15) is 19.8 Å². The Bertz CT molecular complexity index is 604. The Morgan fingerprint density at radius 1 is 1.43 bits per heavy atom. The molecule has 1 aliphatic carbocycles. The normalized spacial score (nSPS) is 29.8. The van der Waals surface area contributed by atoms with Crippen molar-refractivity contribution in [3.63, 3.8) is 0 Å². The molecule has 7 nitrogen and oxygen atoms in total. The summed E-state index contributed by atoms with van der Waals surface area (Å²) in [6.07, 6.45) is -1.12. The van der Waals surface area contributed by atoms with Crippen molar-refractivity contribution in [2.45, 2.75) is 37.2 Å². The van der Waals surface area contributed by atoms with E-state index in [2.05, 4.69) is 17.9 Å². The third-order valence-electron chi connectivity index (χ3n) is 3.32. The van der Waals surface area contributed by atoms with Crippen LogP contribution in [-0.2, 0) is 33.4 Å². The molecule has 0 aromatic rings. The van der Waals surface area contributed by atoms with Crippen molar-refractivity contribution in [2.24, 2.45) is 0 Å². The van der Waals surface area contributed by atoms with Crippen LogP contribution in [0.15, 0.2) is 24.3 Å². The molecule has 0 radical (unpaired) electrons. The van der Waals surface area contributed by atoms with Crippen molar-refractivity contribution in [3.05, 3.63) is 24.3 Å². The van der Waals surface area contributed by atoms with Crippen LogP contribution in [-0.4, -0.2) is 44.4 Å². The smallest absolute Gasteiger partial charge is 0.344 e. The molecule has 0 aromatic heterocycles. The first-order valence-corrected chi connectivity index (χ1v) is 7.79. The number of rotatable bonds is 4. The molecule has 21 heavy (non-hydrogen) atoms. The van der Waals surface area contributed by atoms with Crippen LogP contribution in [0.5, 0.6) is 0 Å². The second kappa shape index (κ2) is 5.61. The zero-order chi connectivity index (χ0) is 15.8. The van der Waals surface area contributed by atoms with Gasteiger partial charge < -0.3 is 9.47 Å². The first kappa shape index (κ1) is 15.7. The summed E-state index contributed by atoms with van der Waals surface area (Å²) >= 11 is 0. The summed E-state index contributed by atoms with van der Waals surface area (Å²) in [5.74, 6) is -1.49. The predicted octanol–water partition coefficient (Wildman–Crippen LogP) is 0.465. The van der Waals surface area contributed by atoms with E-state index in [-0.39, 0.29) is 18.4 Å². The Kier molecular flexibility index (Phi) is 4.20. The van der Waals surface area contributed by atoms with E-state index < -0.39 is 46.1 Å². The van der Waals surface area contributed by atoms with E-state index in [1.54, 1.807) is 0 Å². The van der Waals surface area contributed by atoms with Crippen molar-refractivity contribution in [1.82, 2.24) is 0 Å². The first-order chi connectivity index (χ1) is 9.70. The number of carbonyl (C=O) groups is 2. The van der Waals surface area contributed by atoms with Crippen molar-refractivity contribution < 1.29 is 31.7 Å². The molecule has 2 bridgehead atoms. The van der Waals surface area contributed by atoms with Gasteiger partial charge >= 0.3 is 11.9 Å². The Morgan fingerprint density at radius 2 is 2.10 bits per heavy atom. The maximum atomic E-state index is 11.6. The lowest BCUT2D eigenvalue weighted by atomic mass is 9.90. The molecule has 3 unspecified atom stereocenters. The highest BCUT2D eigenvalue weighted by Gasteiger charge is 2.50. The average Bonchev–Trinajstić information content (AvgIpc) is 2.63. The molecule has 2 rings (SSSR count). The number of carbonyl (C=O) groups excluding carboxylic acids is 2. The van der Waals surface area contributed by atoms with Gasteiger partial charge in [-0.1, -0.05) is 13.2 Å². The monoisotopic (exact) mass is 316 g/mol. The van der Waals surface area contributed by atoms with Crippen molar-refractivity contribution >= 4 is 22.1 Å². The van der Waals surface area contributed by atoms with Crippen LogP contribution in [0.25, 0.3) is 0 Å². The maximum Gasteiger partial charge on any atom is 0.344 e. The SMILES string of the molecule is C=C(C)C(=O)OCC(=O)OC1C(=C)CC2CC1OS2(=O)=O. The Labute approximate surface area is 122 Å². The standard InChI is InChI=1S/C13H16O7S/c1-7(2)13(15)18-6-11(14)19-12-8(3)4-9-5-10(12)20-21(9,16)17/h9-10,12H,1,3-6H2,2H3. The van der Waals surface area contributed by atoms with Crippen LogP contribution in [0.3, 0.4) is 0 Å². The summed E-state index contributed by atoms with van der Waals surface area (Å²) in [7, 11) is -3.61. The molecule has 0 N–H and O–H groups in total. The molecule has 8 heteroatoms. The van der Waals surface area contributed by atoms with Gasteiger partial charge in [-0.05, 0) is 25.3 Å². The molecule has 116 valence electrons. The van der Waals surface area contributed by atoms with E-state index >= 15 is 0 Å². The molecule has 0 aromatic carbocycles. The second-order valence-corrected chi connectivity index (χ2v) is 6.96. The zero-order valence-corrected chi connectivity index (χ0v) is 12.4. The van der Waals surface area contributed by atoms with Crippen LogP contribution >= 0.6 is 0 Å². The molecule has 1 heterocycles. The van der Waals surface area contributed by atoms with Gasteiger partial charge in [0, 0.05) is 5.57 Å². The fourth-order valence-electron chi connectivity index (χ4n) is 2.28. The third kappa shape index (κ3) is 3.33. The summed E-state index contributed by atoms with van der Waals surface area (Å²) in [5.41, 5.74) is 0.648. The van der Waals surface area contributed by atoms with Crippen LogP contribution < -0.4 is 0 Å². The molecular weight excluding hydrogens is 300 g/mol. The van der Waals surface area contributed by atoms with E-state index in [1.807, 2.05) is 0 Å². The summed E-state index contributed by atoms with van der Waals surface area (Å²) < 4.78 is 38.0. The van der Waals surface area contributed by atoms with Crippen LogP contribution in [0, 0.1) is 0 Å². The quantitative estimate of drug-likeness (QED) is 0.322. The third-order valence-corrected chi connectivity index (χ3v) is 5.01.